The topological polar surface area (TPSA) is 43.9 Å². The van der Waals surface area contributed by atoms with Crippen molar-refractivity contribution >= 4 is 18.0 Å². The molecule has 0 bridgehead atoms. The molecule has 2 saturated carbocycles. The van der Waals surface area contributed by atoms with Crippen LogP contribution in [-0.2, 0) is 9.59 Å². The predicted octanol–water partition coefficient (Wildman–Crippen LogP) is 3.00. The predicted molar refractivity (Wildman–Crippen MR) is 107 cm³/mol. The van der Waals surface area contributed by atoms with E-state index in [1.165, 1.54) is 37.7 Å². The van der Waals surface area contributed by atoms with Gasteiger partial charge in [-0.05, 0) is 55.7 Å². The first-order chi connectivity index (χ1) is 13.2. The number of rotatable bonds is 4. The van der Waals surface area contributed by atoms with Gasteiger partial charge >= 0.3 is 0 Å². The van der Waals surface area contributed by atoms with Crippen LogP contribution in [0, 0.1) is 0 Å². The van der Waals surface area contributed by atoms with E-state index in [-0.39, 0.29) is 5.91 Å². The van der Waals surface area contributed by atoms with Crippen molar-refractivity contribution in [3.05, 3.63) is 29.8 Å². The lowest BCUT2D eigenvalue weighted by atomic mass is 9.91. The first-order valence-electron chi connectivity index (χ1n) is 10.6. The molecule has 0 atom stereocenters. The van der Waals surface area contributed by atoms with Crippen molar-refractivity contribution in [1.29, 1.82) is 0 Å². The standard InChI is InChI=1S/C13H15NO.C9H16N2O/c15-13-2-1-9-14(13)12-7-5-11(6-8-12)10-3-4-10;12-8-10-4-6-11(7-5-10)9-2-1-3-9/h5-8,10H,1-4,9H2;8-9H,1-7H2. The maximum atomic E-state index is 11.5. The monoisotopic (exact) mass is 369 g/mol. The van der Waals surface area contributed by atoms with E-state index in [2.05, 4.69) is 29.2 Å². The van der Waals surface area contributed by atoms with E-state index >= 15 is 0 Å². The van der Waals surface area contributed by atoms with Crippen LogP contribution in [0.1, 0.15) is 56.4 Å². The summed E-state index contributed by atoms with van der Waals surface area (Å²) in [6.45, 7) is 4.93. The van der Waals surface area contributed by atoms with Crippen molar-refractivity contribution in [3.63, 3.8) is 0 Å². The second kappa shape index (κ2) is 8.42. The highest BCUT2D eigenvalue weighted by Crippen LogP contribution is 2.40. The molecule has 0 spiro atoms. The minimum absolute atomic E-state index is 0.272. The summed E-state index contributed by atoms with van der Waals surface area (Å²) in [5, 5.41) is 0. The molecule has 0 radical (unpaired) electrons. The second-order valence-corrected chi connectivity index (χ2v) is 8.28. The summed E-state index contributed by atoms with van der Waals surface area (Å²) in [5.41, 5.74) is 2.51. The van der Waals surface area contributed by atoms with Gasteiger partial charge in [-0.3, -0.25) is 14.5 Å². The fourth-order valence-corrected chi connectivity index (χ4v) is 4.22. The Kier molecular flexibility index (Phi) is 5.77. The maximum Gasteiger partial charge on any atom is 0.227 e. The number of benzene rings is 1. The Morgan fingerprint density at radius 3 is 2.04 bits per heavy atom. The molecule has 27 heavy (non-hydrogen) atoms. The molecule has 5 heteroatoms. The third-order valence-electron chi connectivity index (χ3n) is 6.42. The van der Waals surface area contributed by atoms with Crippen LogP contribution in [0.5, 0.6) is 0 Å². The van der Waals surface area contributed by atoms with Crippen molar-refractivity contribution in [2.24, 2.45) is 0 Å². The number of hydrogen-bond donors (Lipinski definition) is 0. The molecule has 4 aliphatic rings. The molecule has 1 aromatic rings. The minimum Gasteiger partial charge on any atom is -0.343 e. The van der Waals surface area contributed by atoms with E-state index in [0.29, 0.717) is 6.42 Å². The van der Waals surface area contributed by atoms with Crippen LogP contribution >= 0.6 is 0 Å². The SMILES string of the molecule is O=C1CCCN1c1ccc(C2CC2)cc1.O=CN1CCN(C2CCC2)CC1. The molecule has 2 heterocycles. The van der Waals surface area contributed by atoms with Crippen LogP contribution in [0.15, 0.2) is 24.3 Å². The number of carbonyl (C=O) groups excluding carboxylic acids is 2. The second-order valence-electron chi connectivity index (χ2n) is 8.28. The Morgan fingerprint density at radius 2 is 1.56 bits per heavy atom. The number of amides is 2. The molecule has 2 saturated heterocycles. The lowest BCUT2D eigenvalue weighted by Gasteiger charge is -2.42. The Bertz CT molecular complexity index is 644. The zero-order valence-electron chi connectivity index (χ0n) is 16.2. The average Bonchev–Trinajstić information content (AvgIpc) is 3.43. The van der Waals surface area contributed by atoms with Crippen molar-refractivity contribution < 1.29 is 9.59 Å². The summed E-state index contributed by atoms with van der Waals surface area (Å²) in [4.78, 5) is 28.3. The molecular weight excluding hydrogens is 338 g/mol. The van der Waals surface area contributed by atoms with Gasteiger partial charge in [-0.1, -0.05) is 18.6 Å². The molecule has 2 aliphatic heterocycles. The molecule has 0 aromatic heterocycles. The van der Waals surface area contributed by atoms with Crippen LogP contribution in [-0.4, -0.2) is 60.9 Å². The highest BCUT2D eigenvalue weighted by molar-refractivity contribution is 5.95. The van der Waals surface area contributed by atoms with E-state index in [1.807, 2.05) is 9.80 Å². The van der Waals surface area contributed by atoms with Crippen LogP contribution in [0.2, 0.25) is 0 Å². The van der Waals surface area contributed by atoms with Gasteiger partial charge in [0.2, 0.25) is 12.3 Å². The first-order valence-corrected chi connectivity index (χ1v) is 10.6. The third kappa shape index (κ3) is 4.52. The van der Waals surface area contributed by atoms with Crippen LogP contribution in [0.25, 0.3) is 0 Å². The van der Waals surface area contributed by atoms with Crippen molar-refractivity contribution in [2.45, 2.75) is 56.9 Å². The quantitative estimate of drug-likeness (QED) is 0.767. The number of piperazine rings is 1. The zero-order chi connectivity index (χ0) is 18.6. The molecule has 1 aromatic carbocycles. The Hall–Kier alpha value is -1.88. The van der Waals surface area contributed by atoms with Gasteiger partial charge in [0.25, 0.3) is 0 Å². The molecule has 5 rings (SSSR count). The van der Waals surface area contributed by atoms with Gasteiger partial charge in [-0.2, -0.15) is 0 Å². The van der Waals surface area contributed by atoms with Crippen LogP contribution in [0.3, 0.4) is 0 Å². The number of hydrogen-bond acceptors (Lipinski definition) is 3. The van der Waals surface area contributed by atoms with E-state index in [4.69, 9.17) is 0 Å². The van der Waals surface area contributed by atoms with Crippen molar-refractivity contribution in [1.82, 2.24) is 9.80 Å². The van der Waals surface area contributed by atoms with Crippen molar-refractivity contribution in [2.75, 3.05) is 37.6 Å². The zero-order valence-corrected chi connectivity index (χ0v) is 16.2. The summed E-state index contributed by atoms with van der Waals surface area (Å²) >= 11 is 0. The van der Waals surface area contributed by atoms with Gasteiger partial charge in [0, 0.05) is 50.9 Å². The fourth-order valence-electron chi connectivity index (χ4n) is 4.22. The Labute approximate surface area is 162 Å². The first kappa shape index (κ1) is 18.5. The van der Waals surface area contributed by atoms with E-state index < -0.39 is 0 Å². The lowest BCUT2D eigenvalue weighted by molar-refractivity contribution is -0.120. The third-order valence-corrected chi connectivity index (χ3v) is 6.42. The van der Waals surface area contributed by atoms with Gasteiger partial charge in [0.1, 0.15) is 0 Å². The van der Waals surface area contributed by atoms with E-state index in [9.17, 15) is 9.59 Å². The average molecular weight is 370 g/mol. The molecule has 0 unspecified atom stereocenters. The van der Waals surface area contributed by atoms with Gasteiger partial charge in [0.05, 0.1) is 0 Å². The van der Waals surface area contributed by atoms with Crippen LogP contribution < -0.4 is 4.90 Å². The number of nitrogens with zero attached hydrogens (tertiary/aromatic N) is 3. The number of carbonyl (C=O) groups is 2. The molecule has 2 amide bonds. The Balaban J connectivity index is 0.000000137. The molecule has 4 fully saturated rings. The summed E-state index contributed by atoms with van der Waals surface area (Å²) in [7, 11) is 0. The Morgan fingerprint density at radius 1 is 0.852 bits per heavy atom. The molecular formula is C22H31N3O2. The van der Waals surface area contributed by atoms with Crippen molar-refractivity contribution in [3.8, 4) is 0 Å². The summed E-state index contributed by atoms with van der Waals surface area (Å²) < 4.78 is 0. The van der Waals surface area contributed by atoms with Gasteiger partial charge < -0.3 is 9.80 Å². The summed E-state index contributed by atoms with van der Waals surface area (Å²) in [5.74, 6) is 1.07. The lowest BCUT2D eigenvalue weighted by Crippen LogP contribution is -2.51. The molecule has 146 valence electrons. The molecule has 5 nitrogen and oxygen atoms in total. The van der Waals surface area contributed by atoms with Gasteiger partial charge in [-0.15, -0.1) is 0 Å². The largest absolute Gasteiger partial charge is 0.343 e. The summed E-state index contributed by atoms with van der Waals surface area (Å²) in [6, 6.07) is 9.39. The number of anilines is 1. The highest BCUT2D eigenvalue weighted by Gasteiger charge is 2.27. The van der Waals surface area contributed by atoms with Gasteiger partial charge in [-0.25, -0.2) is 0 Å². The van der Waals surface area contributed by atoms with E-state index in [1.54, 1.807) is 0 Å². The molecule has 2 aliphatic carbocycles. The van der Waals surface area contributed by atoms with Gasteiger partial charge in [0.15, 0.2) is 0 Å². The smallest absolute Gasteiger partial charge is 0.227 e. The maximum absolute atomic E-state index is 11.5. The van der Waals surface area contributed by atoms with Crippen LogP contribution in [0.4, 0.5) is 5.69 Å². The molecule has 0 N–H and O–H groups in total. The van der Waals surface area contributed by atoms with E-state index in [0.717, 1.165) is 63.2 Å². The summed E-state index contributed by atoms with van der Waals surface area (Å²) in [6.07, 6.45) is 9.51. The minimum atomic E-state index is 0.272. The normalized spacial score (nSPS) is 23.6. The fraction of sp³-hybridized carbons (Fsp3) is 0.636. The highest BCUT2D eigenvalue weighted by atomic mass is 16.2.